The van der Waals surface area contributed by atoms with Crippen molar-refractivity contribution in [2.45, 2.75) is 19.5 Å². The van der Waals surface area contributed by atoms with Crippen LogP contribution in [0.25, 0.3) is 22.3 Å². The molecule has 1 aliphatic heterocycles. The molecule has 0 radical (unpaired) electrons. The van der Waals surface area contributed by atoms with Crippen LogP contribution in [0, 0.1) is 24.7 Å². The van der Waals surface area contributed by atoms with E-state index in [1.54, 1.807) is 0 Å². The summed E-state index contributed by atoms with van der Waals surface area (Å²) in [4.78, 5) is 0. The van der Waals surface area contributed by atoms with Crippen molar-refractivity contribution in [3.8, 4) is 34.1 Å². The van der Waals surface area contributed by atoms with Crippen molar-refractivity contribution in [1.82, 2.24) is 0 Å². The van der Waals surface area contributed by atoms with E-state index in [1.807, 2.05) is 18.2 Å². The molecule has 2 aliphatic rings. The summed E-state index contributed by atoms with van der Waals surface area (Å²) in [7, 11) is -3.20. The van der Waals surface area contributed by atoms with Crippen LogP contribution in [0.3, 0.4) is 0 Å². The van der Waals surface area contributed by atoms with Gasteiger partial charge in [0.2, 0.25) is 0 Å². The Morgan fingerprint density at radius 1 is 0.410 bits per heavy atom. The zero-order chi connectivity index (χ0) is 40.6. The van der Waals surface area contributed by atoms with Crippen molar-refractivity contribution in [3.05, 3.63) is 241 Å². The first-order valence-corrected chi connectivity index (χ1v) is 26.6. The fraction of sp³-hybridized carbons (Fsp3) is 0.0714. The Bertz CT molecular complexity index is 2620. The molecule has 10 rings (SSSR count). The third-order valence-electron chi connectivity index (χ3n) is 11.5. The minimum atomic E-state index is -1.51. The molecule has 0 fully saturated rings. The molecular weight excluding hydrogens is 1160 g/mol. The summed E-state index contributed by atoms with van der Waals surface area (Å²) in [6.45, 7) is 4.79. The van der Waals surface area contributed by atoms with E-state index in [9.17, 15) is 0 Å². The summed E-state index contributed by atoms with van der Waals surface area (Å²) >= 11 is 0. The number of rotatable bonds is 6. The van der Waals surface area contributed by atoms with Crippen LogP contribution in [0.4, 0.5) is 0 Å². The molecule has 304 valence electrons. The molecule has 8 aromatic carbocycles. The zero-order valence-corrected chi connectivity index (χ0v) is 41.5. The molecule has 0 spiro atoms. The SMILES string of the molecule is [Au+].[Au+].[C-]#Cc1ccc2c(c1)-c1ccccc1C2.[C-]#Cc1ccc2c(c1)-c1ccccc1[Si]2(C)C.c1ccc([PH+](C[PH+](c2ccccc2)c2ccccc2)c2ccccc2)cc1. The summed E-state index contributed by atoms with van der Waals surface area (Å²) in [6, 6.07) is 74.0. The molecule has 0 bridgehead atoms. The minimum Gasteiger partial charge on any atom is -0.366 e. The zero-order valence-electron chi connectivity index (χ0n) is 34.1. The number of hydrogen-bond donors (Lipinski definition) is 0. The van der Waals surface area contributed by atoms with E-state index in [4.69, 9.17) is 12.8 Å². The monoisotopic (exact) mass is 1200 g/mol. The van der Waals surface area contributed by atoms with Gasteiger partial charge in [0.1, 0.15) is 45.1 Å². The molecule has 0 amide bonds. The Balaban J connectivity index is 0.000000159. The van der Waals surface area contributed by atoms with Gasteiger partial charge in [-0.1, -0.05) is 147 Å². The Morgan fingerprint density at radius 3 is 1.28 bits per heavy atom. The largest absolute Gasteiger partial charge is 1.00 e. The number of benzene rings is 8. The van der Waals surface area contributed by atoms with Gasteiger partial charge in [0.25, 0.3) is 0 Å². The molecule has 0 N–H and O–H groups in total. The Hall–Kier alpha value is -4.56. The average Bonchev–Trinajstić information content (AvgIpc) is 3.79. The van der Waals surface area contributed by atoms with E-state index >= 15 is 0 Å². The molecule has 0 unspecified atom stereocenters. The van der Waals surface area contributed by atoms with Crippen LogP contribution in [-0.2, 0) is 51.2 Å². The second-order valence-electron chi connectivity index (χ2n) is 15.5. The van der Waals surface area contributed by atoms with Gasteiger partial charge in [-0.15, -0.1) is 35.4 Å². The molecule has 0 saturated heterocycles. The van der Waals surface area contributed by atoms with Gasteiger partial charge in [0.15, 0.2) is 5.90 Å². The van der Waals surface area contributed by atoms with E-state index in [0.29, 0.717) is 0 Å². The minimum absolute atomic E-state index is 0. The van der Waals surface area contributed by atoms with Crippen LogP contribution in [0.5, 0.6) is 0 Å². The van der Waals surface area contributed by atoms with Gasteiger partial charge in [0, 0.05) is 0 Å². The van der Waals surface area contributed by atoms with Crippen LogP contribution >= 0.6 is 15.8 Å². The maximum Gasteiger partial charge on any atom is 1.00 e. The molecule has 8 aromatic rings. The van der Waals surface area contributed by atoms with Crippen molar-refractivity contribution in [1.29, 1.82) is 0 Å². The van der Waals surface area contributed by atoms with E-state index in [0.717, 1.165) is 17.5 Å². The predicted molar refractivity (Wildman–Crippen MR) is 262 cm³/mol. The summed E-state index contributed by atoms with van der Waals surface area (Å²) in [5.74, 6) is 6.17. The van der Waals surface area contributed by atoms with Crippen molar-refractivity contribution in [3.63, 3.8) is 0 Å². The molecule has 0 nitrogen and oxygen atoms in total. The van der Waals surface area contributed by atoms with Gasteiger partial charge in [-0.05, 0) is 98.7 Å². The Kier molecular flexibility index (Phi) is 16.2. The topological polar surface area (TPSA) is 0 Å². The molecule has 5 heteroatoms. The van der Waals surface area contributed by atoms with Crippen molar-refractivity contribution in [2.75, 3.05) is 5.90 Å². The predicted octanol–water partition coefficient (Wildman–Crippen LogP) is 10.3. The number of fused-ring (bicyclic) bond motifs is 6. The van der Waals surface area contributed by atoms with Gasteiger partial charge >= 0.3 is 44.8 Å². The van der Waals surface area contributed by atoms with Gasteiger partial charge in [-0.3, -0.25) is 11.8 Å². The third kappa shape index (κ3) is 10.4. The van der Waals surface area contributed by atoms with Crippen molar-refractivity contribution < 1.29 is 44.8 Å². The smallest absolute Gasteiger partial charge is 0.366 e. The first-order valence-electron chi connectivity index (χ1n) is 20.2. The first-order chi connectivity index (χ1) is 28.9. The van der Waals surface area contributed by atoms with Gasteiger partial charge in [0.05, 0.1) is 0 Å². The summed E-state index contributed by atoms with van der Waals surface area (Å²) in [5, 5.41) is 9.01. The fourth-order valence-corrected chi connectivity index (χ4v) is 19.3. The van der Waals surface area contributed by atoms with E-state index in [2.05, 4.69) is 213 Å². The van der Waals surface area contributed by atoms with Crippen molar-refractivity contribution in [2.24, 2.45) is 0 Å². The van der Waals surface area contributed by atoms with E-state index in [1.165, 1.54) is 70.9 Å². The maximum absolute atomic E-state index is 7.25. The van der Waals surface area contributed by atoms with Gasteiger partial charge < -0.3 is 12.8 Å². The van der Waals surface area contributed by atoms with Crippen LogP contribution in [-0.4, -0.2) is 14.0 Å². The standard InChI is InChI=1S/C25H22P2.C16H13Si.C15H9.2Au/c1-5-13-22(14-6-1)26(23-15-7-2-8-16-23)21-27(24-17-9-3-10-18-24)25-19-11-4-12-20-25;1-4-12-9-10-16-14(11-12)13-7-5-6-8-15(13)17(16,2)3;1-2-11-7-8-13-10-12-5-3-4-6-14(12)15(13)9-11;;/h1-20H,21H2;5-11H,2-3H3;3-9H,10H2;;/q;2*-1;2*+1/p+2. The third-order valence-corrected chi connectivity index (χ3v) is 22.0. The summed E-state index contributed by atoms with van der Waals surface area (Å²) in [5.41, 5.74) is 9.71. The fourth-order valence-electron chi connectivity index (χ4n) is 8.48. The molecular formula is C56H46Au2P2Si+2. The van der Waals surface area contributed by atoms with E-state index < -0.39 is 23.9 Å². The molecule has 61 heavy (non-hydrogen) atoms. The maximum atomic E-state index is 7.25. The molecule has 0 atom stereocenters. The number of hydrogen-bond acceptors (Lipinski definition) is 0. The Labute approximate surface area is 397 Å². The van der Waals surface area contributed by atoms with Crippen LogP contribution in [0.1, 0.15) is 22.3 Å². The normalized spacial score (nSPS) is 11.9. The summed E-state index contributed by atoms with van der Waals surface area (Å²) in [6.07, 6.45) is 15.4. The van der Waals surface area contributed by atoms with Crippen LogP contribution < -0.4 is 31.6 Å². The van der Waals surface area contributed by atoms with Crippen LogP contribution in [0.2, 0.25) is 13.1 Å². The molecule has 1 aliphatic carbocycles. The van der Waals surface area contributed by atoms with Gasteiger partial charge in [-0.2, -0.15) is 0 Å². The molecule has 1 heterocycles. The second kappa shape index (κ2) is 21.5. The van der Waals surface area contributed by atoms with Gasteiger partial charge in [-0.25, -0.2) is 0 Å². The summed E-state index contributed by atoms with van der Waals surface area (Å²) < 4.78 is 0. The van der Waals surface area contributed by atoms with E-state index in [-0.39, 0.29) is 44.8 Å². The Morgan fingerprint density at radius 2 is 0.787 bits per heavy atom. The average molecular weight is 1200 g/mol. The van der Waals surface area contributed by atoms with Crippen LogP contribution in [0.15, 0.2) is 206 Å². The second-order valence-corrected chi connectivity index (χ2v) is 25.4. The molecule has 0 saturated carbocycles. The quantitative estimate of drug-likeness (QED) is 0.0674. The molecule has 0 aromatic heterocycles. The van der Waals surface area contributed by atoms with Crippen molar-refractivity contribution >= 4 is 55.5 Å². The first kappa shape index (κ1) is 46.0.